The lowest BCUT2D eigenvalue weighted by Crippen LogP contribution is -2.40. The number of nitrogens with one attached hydrogen (secondary N) is 3. The highest BCUT2D eigenvalue weighted by atomic mass is 32.2. The summed E-state index contributed by atoms with van der Waals surface area (Å²) in [6.07, 6.45) is -0.0893. The Kier molecular flexibility index (Phi) is 5.46. The van der Waals surface area contributed by atoms with Crippen molar-refractivity contribution in [1.29, 1.82) is 0 Å². The maximum atomic E-state index is 13.5. The molecule has 3 N–H and O–H groups in total. The summed E-state index contributed by atoms with van der Waals surface area (Å²) in [5.41, 5.74) is 0.377. The van der Waals surface area contributed by atoms with Gasteiger partial charge in [0, 0.05) is 23.3 Å². The maximum Gasteiger partial charge on any atom is 0.241 e. The van der Waals surface area contributed by atoms with Gasteiger partial charge in [-0.05, 0) is 56.7 Å². The first-order valence-electron chi connectivity index (χ1n) is 8.99. The second kappa shape index (κ2) is 7.57. The van der Waals surface area contributed by atoms with Crippen LogP contribution in [0.2, 0.25) is 0 Å². The summed E-state index contributed by atoms with van der Waals surface area (Å²) in [6, 6.07) is 9.70. The van der Waals surface area contributed by atoms with E-state index in [1.54, 1.807) is 26.8 Å². The van der Waals surface area contributed by atoms with Gasteiger partial charge in [-0.3, -0.25) is 9.59 Å². The molecule has 29 heavy (non-hydrogen) atoms. The van der Waals surface area contributed by atoms with Gasteiger partial charge >= 0.3 is 0 Å². The molecule has 1 unspecified atom stereocenters. The topological polar surface area (TPSA) is 104 Å². The molecule has 1 heterocycles. The predicted octanol–water partition coefficient (Wildman–Crippen LogP) is 2.97. The molecule has 0 aliphatic carbocycles. The van der Waals surface area contributed by atoms with E-state index in [9.17, 15) is 22.4 Å². The first kappa shape index (κ1) is 20.9. The number of carbonyl (C=O) groups is 2. The van der Waals surface area contributed by atoms with Crippen LogP contribution in [0.15, 0.2) is 47.4 Å². The Morgan fingerprint density at radius 2 is 1.90 bits per heavy atom. The molecule has 2 aromatic carbocycles. The Hall–Kier alpha value is -2.78. The lowest BCUT2D eigenvalue weighted by atomic mass is 9.89. The summed E-state index contributed by atoms with van der Waals surface area (Å²) < 4.78 is 41.0. The molecule has 1 aliphatic heterocycles. The van der Waals surface area contributed by atoms with Gasteiger partial charge in [-0.25, -0.2) is 17.5 Å². The van der Waals surface area contributed by atoms with Crippen molar-refractivity contribution in [1.82, 2.24) is 4.72 Å². The van der Waals surface area contributed by atoms with Crippen LogP contribution in [0.4, 0.5) is 15.8 Å². The second-order valence-corrected chi connectivity index (χ2v) is 9.59. The number of fused-ring (bicyclic) bond motifs is 1. The smallest absolute Gasteiger partial charge is 0.241 e. The van der Waals surface area contributed by atoms with Crippen LogP contribution in [0.1, 0.15) is 38.7 Å². The molecule has 0 saturated heterocycles. The average molecular weight is 419 g/mol. The highest BCUT2D eigenvalue weighted by Gasteiger charge is 2.31. The van der Waals surface area contributed by atoms with Crippen molar-refractivity contribution in [2.45, 2.75) is 43.5 Å². The monoisotopic (exact) mass is 419 g/mol. The highest BCUT2D eigenvalue weighted by Crippen LogP contribution is 2.33. The number of anilines is 2. The quantitative estimate of drug-likeness (QED) is 0.709. The first-order chi connectivity index (χ1) is 13.4. The molecule has 154 valence electrons. The van der Waals surface area contributed by atoms with Crippen molar-refractivity contribution in [2.24, 2.45) is 0 Å². The maximum absolute atomic E-state index is 13.5. The standard InChI is InChI=1S/C20H22FN3O4S/c1-20(2,3)24-29(27,28)14-6-4-5-13(10-14)22-19(26)16-11-18(25)23-17-9-12(21)7-8-15(16)17/h4-10,16,24H,11H2,1-3H3,(H,22,26)(H,23,25). The van der Waals surface area contributed by atoms with E-state index in [0.717, 1.165) is 6.07 Å². The highest BCUT2D eigenvalue weighted by molar-refractivity contribution is 7.89. The molecule has 7 nitrogen and oxygen atoms in total. The largest absolute Gasteiger partial charge is 0.326 e. The Morgan fingerprint density at radius 1 is 1.17 bits per heavy atom. The third-order valence-electron chi connectivity index (χ3n) is 4.22. The Bertz CT molecular complexity index is 1080. The van der Waals surface area contributed by atoms with Crippen molar-refractivity contribution in [3.63, 3.8) is 0 Å². The van der Waals surface area contributed by atoms with Crippen LogP contribution >= 0.6 is 0 Å². The Morgan fingerprint density at radius 3 is 2.59 bits per heavy atom. The number of sulfonamides is 1. The Labute approximate surface area is 168 Å². The minimum atomic E-state index is -3.77. The van der Waals surface area contributed by atoms with Crippen molar-refractivity contribution in [3.05, 3.63) is 53.8 Å². The minimum Gasteiger partial charge on any atom is -0.326 e. The fraction of sp³-hybridized carbons (Fsp3) is 0.300. The summed E-state index contributed by atoms with van der Waals surface area (Å²) in [4.78, 5) is 24.7. The minimum absolute atomic E-state index is 0.00841. The van der Waals surface area contributed by atoms with Crippen LogP contribution < -0.4 is 15.4 Å². The van der Waals surface area contributed by atoms with Crippen molar-refractivity contribution < 1.29 is 22.4 Å². The average Bonchev–Trinajstić information content (AvgIpc) is 2.58. The molecular weight excluding hydrogens is 397 g/mol. The van der Waals surface area contributed by atoms with Crippen LogP contribution in [-0.2, 0) is 19.6 Å². The molecule has 2 aromatic rings. The summed E-state index contributed by atoms with van der Waals surface area (Å²) in [6.45, 7) is 5.18. The number of hydrogen-bond acceptors (Lipinski definition) is 4. The predicted molar refractivity (Wildman–Crippen MR) is 108 cm³/mol. The normalized spacial score (nSPS) is 16.7. The van der Waals surface area contributed by atoms with Gasteiger partial charge in [0.05, 0.1) is 10.8 Å². The van der Waals surface area contributed by atoms with E-state index in [2.05, 4.69) is 15.4 Å². The molecule has 3 rings (SSSR count). The number of carbonyl (C=O) groups excluding carboxylic acids is 2. The Balaban J connectivity index is 1.85. The van der Waals surface area contributed by atoms with E-state index >= 15 is 0 Å². The van der Waals surface area contributed by atoms with E-state index in [0.29, 0.717) is 5.56 Å². The number of rotatable bonds is 4. The fourth-order valence-corrected chi connectivity index (χ4v) is 4.57. The van der Waals surface area contributed by atoms with E-state index in [1.165, 1.54) is 30.3 Å². The van der Waals surface area contributed by atoms with Crippen LogP contribution in [-0.4, -0.2) is 25.8 Å². The third kappa shape index (κ3) is 4.99. The zero-order valence-corrected chi connectivity index (χ0v) is 17.1. The van der Waals surface area contributed by atoms with Gasteiger partial charge in [0.25, 0.3) is 0 Å². The first-order valence-corrected chi connectivity index (χ1v) is 10.5. The van der Waals surface area contributed by atoms with Crippen molar-refractivity contribution in [3.8, 4) is 0 Å². The fourth-order valence-electron chi connectivity index (χ4n) is 3.10. The summed E-state index contributed by atoms with van der Waals surface area (Å²) in [7, 11) is -3.77. The number of hydrogen-bond donors (Lipinski definition) is 3. The van der Waals surface area contributed by atoms with Crippen LogP contribution in [0.3, 0.4) is 0 Å². The van der Waals surface area contributed by atoms with Gasteiger partial charge in [0.1, 0.15) is 5.82 Å². The van der Waals surface area contributed by atoms with E-state index in [-0.39, 0.29) is 22.7 Å². The van der Waals surface area contributed by atoms with Gasteiger partial charge in [0.15, 0.2) is 0 Å². The van der Waals surface area contributed by atoms with Crippen molar-refractivity contribution >= 4 is 33.2 Å². The second-order valence-electron chi connectivity index (χ2n) is 7.91. The molecule has 0 fully saturated rings. The number of amides is 2. The van der Waals surface area contributed by atoms with Crippen LogP contribution in [0.25, 0.3) is 0 Å². The molecule has 1 atom stereocenters. The summed E-state index contributed by atoms with van der Waals surface area (Å²) in [5.74, 6) is -2.21. The lowest BCUT2D eigenvalue weighted by molar-refractivity contribution is -0.123. The molecule has 0 spiro atoms. The molecule has 0 radical (unpaired) electrons. The molecule has 9 heteroatoms. The van der Waals surface area contributed by atoms with Crippen molar-refractivity contribution in [2.75, 3.05) is 10.6 Å². The van der Waals surface area contributed by atoms with Crippen LogP contribution in [0.5, 0.6) is 0 Å². The molecule has 1 aliphatic rings. The van der Waals surface area contributed by atoms with Crippen LogP contribution in [0, 0.1) is 5.82 Å². The molecule has 0 bridgehead atoms. The van der Waals surface area contributed by atoms with E-state index in [4.69, 9.17) is 0 Å². The lowest BCUT2D eigenvalue weighted by Gasteiger charge is -2.25. The van der Waals surface area contributed by atoms with E-state index in [1.807, 2.05) is 0 Å². The third-order valence-corrected chi connectivity index (χ3v) is 5.98. The van der Waals surface area contributed by atoms with Gasteiger partial charge in [-0.2, -0.15) is 0 Å². The summed E-state index contributed by atoms with van der Waals surface area (Å²) in [5, 5.41) is 5.21. The molecular formula is C20H22FN3O4S. The van der Waals surface area contributed by atoms with Gasteiger partial charge in [-0.1, -0.05) is 12.1 Å². The summed E-state index contributed by atoms with van der Waals surface area (Å²) >= 11 is 0. The molecule has 2 amide bonds. The number of benzene rings is 2. The van der Waals surface area contributed by atoms with Gasteiger partial charge in [0.2, 0.25) is 21.8 Å². The zero-order chi connectivity index (χ0) is 21.4. The zero-order valence-electron chi connectivity index (χ0n) is 16.2. The molecule has 0 aromatic heterocycles. The van der Waals surface area contributed by atoms with E-state index < -0.39 is 39.1 Å². The molecule has 0 saturated carbocycles. The van der Waals surface area contributed by atoms with Gasteiger partial charge < -0.3 is 10.6 Å². The van der Waals surface area contributed by atoms with Gasteiger partial charge in [-0.15, -0.1) is 0 Å². The SMILES string of the molecule is CC(C)(C)NS(=O)(=O)c1cccc(NC(=O)C2CC(=O)Nc3cc(F)ccc32)c1. The number of halogens is 1.